The molecule has 2 heterocycles. The van der Waals surface area contributed by atoms with Gasteiger partial charge in [-0.05, 0) is 67.6 Å². The summed E-state index contributed by atoms with van der Waals surface area (Å²) in [5.41, 5.74) is 3.75. The quantitative estimate of drug-likeness (QED) is 0.277. The van der Waals surface area contributed by atoms with E-state index in [0.29, 0.717) is 37.7 Å². The Bertz CT molecular complexity index is 1470. The lowest BCUT2D eigenvalue weighted by molar-refractivity contribution is 0.0723. The number of para-hydroxylation sites is 1. The molecule has 1 aliphatic carbocycles. The summed E-state index contributed by atoms with van der Waals surface area (Å²) >= 11 is 0. The molecule has 0 saturated heterocycles. The first-order chi connectivity index (χ1) is 19.1. The summed E-state index contributed by atoms with van der Waals surface area (Å²) in [4.78, 5) is 23.8. The van der Waals surface area contributed by atoms with Crippen molar-refractivity contribution in [3.63, 3.8) is 0 Å². The van der Waals surface area contributed by atoms with Crippen molar-refractivity contribution >= 4 is 11.6 Å². The highest BCUT2D eigenvalue weighted by Gasteiger charge is 2.34. The summed E-state index contributed by atoms with van der Waals surface area (Å²) in [7, 11) is 0. The van der Waals surface area contributed by atoms with Crippen LogP contribution in [0.15, 0.2) is 89.7 Å². The van der Waals surface area contributed by atoms with Crippen LogP contribution in [0.5, 0.6) is 11.5 Å². The zero-order valence-electron chi connectivity index (χ0n) is 22.8. The summed E-state index contributed by atoms with van der Waals surface area (Å²) in [5.74, 6) is 2.90. The van der Waals surface area contributed by atoms with Gasteiger partial charge in [-0.25, -0.2) is 4.98 Å². The van der Waals surface area contributed by atoms with E-state index in [-0.39, 0.29) is 5.56 Å². The van der Waals surface area contributed by atoms with Crippen LogP contribution in [0.2, 0.25) is 0 Å². The molecule has 4 aromatic rings. The smallest absolute Gasteiger partial charge is 0.259 e. The molecule has 0 bridgehead atoms. The molecule has 200 valence electrons. The molecule has 39 heavy (non-hydrogen) atoms. The van der Waals surface area contributed by atoms with Crippen molar-refractivity contribution in [2.75, 3.05) is 11.6 Å². The van der Waals surface area contributed by atoms with Crippen molar-refractivity contribution in [2.24, 2.45) is 5.92 Å². The van der Waals surface area contributed by atoms with Gasteiger partial charge in [0.05, 0.1) is 19.0 Å². The normalized spacial score (nSPS) is 19.5. The molecular formula is C33H36N4O2. The van der Waals surface area contributed by atoms with Gasteiger partial charge in [-0.15, -0.1) is 0 Å². The molecule has 0 radical (unpaired) electrons. The van der Waals surface area contributed by atoms with Crippen LogP contribution in [0.25, 0.3) is 0 Å². The lowest BCUT2D eigenvalue weighted by atomic mass is 9.85. The van der Waals surface area contributed by atoms with Crippen molar-refractivity contribution in [3.8, 4) is 11.5 Å². The molecule has 0 N–H and O–H groups in total. The number of benzene rings is 3. The van der Waals surface area contributed by atoms with Gasteiger partial charge < -0.3 is 4.74 Å². The van der Waals surface area contributed by atoms with Gasteiger partial charge in [0.1, 0.15) is 11.5 Å². The minimum atomic E-state index is 0.0588. The van der Waals surface area contributed by atoms with Gasteiger partial charge >= 0.3 is 0 Å². The van der Waals surface area contributed by atoms with E-state index in [2.05, 4.69) is 41.0 Å². The molecule has 6 rings (SSSR count). The third-order valence-electron chi connectivity index (χ3n) is 8.22. The fourth-order valence-corrected chi connectivity index (χ4v) is 6.06. The van der Waals surface area contributed by atoms with E-state index in [1.807, 2.05) is 72.2 Å². The van der Waals surface area contributed by atoms with Crippen molar-refractivity contribution in [3.05, 3.63) is 112 Å². The first-order valence-corrected chi connectivity index (χ1v) is 14.1. The van der Waals surface area contributed by atoms with E-state index in [0.717, 1.165) is 34.0 Å². The molecule has 2 aliphatic rings. The Kier molecular flexibility index (Phi) is 7.20. The standard InChI is InChI=1S/C33H36N4O2/c1-24-11-9-10-16-31(24)35-22-36(27-17-19-29(20-18-27)39-28-14-7-4-8-15-28)33-34-25(2)30(32(38)37(33)23-35)21-26-12-5-3-6-13-26/h3-8,12-15,17-20,24,31H,9-11,16,21-23H2,1-2H3. The van der Waals surface area contributed by atoms with Crippen LogP contribution in [-0.4, -0.2) is 27.2 Å². The maximum absolute atomic E-state index is 14.0. The van der Waals surface area contributed by atoms with Crippen LogP contribution < -0.4 is 15.2 Å². The first kappa shape index (κ1) is 25.4. The fourth-order valence-electron chi connectivity index (χ4n) is 6.06. The minimum absolute atomic E-state index is 0.0588. The molecule has 3 aromatic carbocycles. The van der Waals surface area contributed by atoms with E-state index in [1.165, 1.54) is 25.7 Å². The molecule has 6 heteroatoms. The van der Waals surface area contributed by atoms with E-state index in [4.69, 9.17) is 9.72 Å². The van der Waals surface area contributed by atoms with Crippen LogP contribution in [0.3, 0.4) is 0 Å². The fraction of sp³-hybridized carbons (Fsp3) is 0.333. The van der Waals surface area contributed by atoms with Gasteiger partial charge in [0, 0.05) is 23.7 Å². The Balaban J connectivity index is 1.37. The number of aryl methyl sites for hydroxylation is 1. The van der Waals surface area contributed by atoms with Crippen molar-refractivity contribution in [2.45, 2.75) is 58.7 Å². The number of aromatic nitrogens is 2. The van der Waals surface area contributed by atoms with Crippen LogP contribution in [0, 0.1) is 12.8 Å². The maximum atomic E-state index is 14.0. The van der Waals surface area contributed by atoms with Gasteiger partial charge in [0.25, 0.3) is 5.56 Å². The highest BCUT2D eigenvalue weighted by Crippen LogP contribution is 2.35. The van der Waals surface area contributed by atoms with E-state index in [1.54, 1.807) is 0 Å². The summed E-state index contributed by atoms with van der Waals surface area (Å²) in [6.07, 6.45) is 5.52. The van der Waals surface area contributed by atoms with Gasteiger partial charge in [-0.2, -0.15) is 0 Å². The molecule has 1 fully saturated rings. The monoisotopic (exact) mass is 520 g/mol. The van der Waals surface area contributed by atoms with Crippen LogP contribution in [0.4, 0.5) is 11.6 Å². The third-order valence-corrected chi connectivity index (χ3v) is 8.22. The average Bonchev–Trinajstić information content (AvgIpc) is 2.97. The summed E-state index contributed by atoms with van der Waals surface area (Å²) in [6.45, 7) is 5.60. The first-order valence-electron chi connectivity index (χ1n) is 14.1. The molecule has 0 spiro atoms. The predicted octanol–water partition coefficient (Wildman–Crippen LogP) is 6.88. The van der Waals surface area contributed by atoms with Gasteiger partial charge in [0.15, 0.2) is 0 Å². The third kappa shape index (κ3) is 5.34. The lowest BCUT2D eigenvalue weighted by Gasteiger charge is -2.45. The Morgan fingerprint density at radius 2 is 1.51 bits per heavy atom. The van der Waals surface area contributed by atoms with Crippen LogP contribution >= 0.6 is 0 Å². The Hall–Kier alpha value is -3.90. The molecule has 1 saturated carbocycles. The van der Waals surface area contributed by atoms with Gasteiger partial charge in [-0.1, -0.05) is 68.3 Å². The SMILES string of the molecule is Cc1nc2n(c(=O)c1Cc1ccccc1)CN(C1CCCCC1C)CN2c1ccc(Oc2ccccc2)cc1. The number of rotatable bonds is 6. The number of hydrogen-bond donors (Lipinski definition) is 0. The molecule has 1 aromatic heterocycles. The summed E-state index contributed by atoms with van der Waals surface area (Å²) in [6, 6.07) is 28.6. The molecular weight excluding hydrogens is 484 g/mol. The number of ether oxygens (including phenoxy) is 1. The minimum Gasteiger partial charge on any atom is -0.457 e. The number of nitrogens with zero attached hydrogens (tertiary/aromatic N) is 4. The van der Waals surface area contributed by atoms with Crippen LogP contribution in [0.1, 0.15) is 49.4 Å². The molecule has 1 aliphatic heterocycles. The zero-order chi connectivity index (χ0) is 26.8. The van der Waals surface area contributed by atoms with Crippen molar-refractivity contribution in [1.29, 1.82) is 0 Å². The maximum Gasteiger partial charge on any atom is 0.259 e. The number of fused-ring (bicyclic) bond motifs is 1. The predicted molar refractivity (Wildman–Crippen MR) is 156 cm³/mol. The van der Waals surface area contributed by atoms with Crippen molar-refractivity contribution in [1.82, 2.24) is 14.5 Å². The number of hydrogen-bond acceptors (Lipinski definition) is 5. The number of anilines is 2. The highest BCUT2D eigenvalue weighted by molar-refractivity contribution is 5.60. The zero-order valence-corrected chi connectivity index (χ0v) is 22.8. The Morgan fingerprint density at radius 1 is 0.846 bits per heavy atom. The van der Waals surface area contributed by atoms with Gasteiger partial charge in [-0.3, -0.25) is 19.2 Å². The summed E-state index contributed by atoms with van der Waals surface area (Å²) < 4.78 is 7.92. The van der Waals surface area contributed by atoms with E-state index < -0.39 is 0 Å². The molecule has 2 unspecified atom stereocenters. The highest BCUT2D eigenvalue weighted by atomic mass is 16.5. The van der Waals surface area contributed by atoms with Crippen LogP contribution in [-0.2, 0) is 13.1 Å². The lowest BCUT2D eigenvalue weighted by Crippen LogP contribution is -2.53. The van der Waals surface area contributed by atoms with E-state index in [9.17, 15) is 4.79 Å². The Labute approximate surface area is 230 Å². The second-order valence-electron chi connectivity index (χ2n) is 10.9. The van der Waals surface area contributed by atoms with E-state index >= 15 is 0 Å². The summed E-state index contributed by atoms with van der Waals surface area (Å²) in [5, 5.41) is 0. The molecule has 2 atom stereocenters. The Morgan fingerprint density at radius 3 is 2.23 bits per heavy atom. The second-order valence-corrected chi connectivity index (χ2v) is 10.9. The topological polar surface area (TPSA) is 50.6 Å². The van der Waals surface area contributed by atoms with Crippen molar-refractivity contribution < 1.29 is 4.74 Å². The molecule has 6 nitrogen and oxygen atoms in total. The molecule has 0 amide bonds. The second kappa shape index (κ2) is 11.1. The average molecular weight is 521 g/mol. The van der Waals surface area contributed by atoms with Gasteiger partial charge in [0.2, 0.25) is 5.95 Å². The largest absolute Gasteiger partial charge is 0.457 e.